The van der Waals surface area contributed by atoms with E-state index in [9.17, 15) is 5.11 Å². The van der Waals surface area contributed by atoms with Crippen LogP contribution in [-0.2, 0) is 4.74 Å². The van der Waals surface area contributed by atoms with Gasteiger partial charge in [-0.3, -0.25) is 0 Å². The summed E-state index contributed by atoms with van der Waals surface area (Å²) in [5.41, 5.74) is 5.43. The topological polar surface area (TPSA) is 95.9 Å². The fourth-order valence-corrected chi connectivity index (χ4v) is 1.07. The number of rotatable bonds is 0. The van der Waals surface area contributed by atoms with Gasteiger partial charge in [0.25, 0.3) is 0 Å². The molecule has 0 spiro atoms. The smallest absolute Gasteiger partial charge is 0.183 e. The molecule has 1 fully saturated rings. The third-order valence-electron chi connectivity index (χ3n) is 1.93. The van der Waals surface area contributed by atoms with E-state index >= 15 is 0 Å². The highest BCUT2D eigenvalue weighted by molar-refractivity contribution is 4.89. The van der Waals surface area contributed by atoms with Crippen molar-refractivity contribution in [3.8, 4) is 0 Å². The number of hydrogen-bond donors (Lipinski definition) is 4. The zero-order valence-electron chi connectivity index (χ0n) is 6.21. The average molecular weight is 163 g/mol. The summed E-state index contributed by atoms with van der Waals surface area (Å²) in [6.07, 6.45) is -4.20. The minimum atomic E-state index is -1.33. The van der Waals surface area contributed by atoms with Crippen LogP contribution in [0.25, 0.3) is 0 Å². The molecule has 0 unspecified atom stereocenters. The van der Waals surface area contributed by atoms with E-state index in [1.807, 2.05) is 0 Å². The van der Waals surface area contributed by atoms with Gasteiger partial charge in [-0.1, -0.05) is 0 Å². The van der Waals surface area contributed by atoms with E-state index in [0.717, 1.165) is 0 Å². The molecule has 1 saturated heterocycles. The zero-order chi connectivity index (χ0) is 8.59. The van der Waals surface area contributed by atoms with Gasteiger partial charge >= 0.3 is 0 Å². The number of nitrogens with two attached hydrogens (primary N) is 1. The monoisotopic (exact) mass is 163 g/mol. The average Bonchev–Trinajstić information content (AvgIpc) is 1.97. The standard InChI is InChI=1S/C6H13NO4/c1-2-3(7)4(8)5(9)6(10)11-2/h2-6,8-10H,7H2,1H3/t2-,3+,4+,5+,6+/m1/s1. The number of aliphatic hydroxyl groups excluding tert-OH is 3. The summed E-state index contributed by atoms with van der Waals surface area (Å²) in [4.78, 5) is 0. The summed E-state index contributed by atoms with van der Waals surface area (Å²) >= 11 is 0. The maximum Gasteiger partial charge on any atom is 0.183 e. The molecule has 1 aliphatic rings. The first-order chi connectivity index (χ1) is 5.04. The van der Waals surface area contributed by atoms with Crippen LogP contribution < -0.4 is 5.73 Å². The Labute approximate surface area is 64.4 Å². The van der Waals surface area contributed by atoms with Crippen molar-refractivity contribution in [2.75, 3.05) is 0 Å². The molecule has 5 nitrogen and oxygen atoms in total. The molecule has 0 aromatic heterocycles. The molecule has 5 atom stereocenters. The Kier molecular flexibility index (Phi) is 2.46. The quantitative estimate of drug-likeness (QED) is 0.324. The van der Waals surface area contributed by atoms with Crippen LogP contribution in [0.15, 0.2) is 0 Å². The first-order valence-electron chi connectivity index (χ1n) is 3.49. The molecule has 11 heavy (non-hydrogen) atoms. The van der Waals surface area contributed by atoms with Gasteiger partial charge in [0.15, 0.2) is 6.29 Å². The van der Waals surface area contributed by atoms with Gasteiger partial charge in [0.1, 0.15) is 12.2 Å². The summed E-state index contributed by atoms with van der Waals surface area (Å²) in [5, 5.41) is 27.1. The Hall–Kier alpha value is -0.200. The normalized spacial score (nSPS) is 52.6. The van der Waals surface area contributed by atoms with Crippen molar-refractivity contribution in [1.82, 2.24) is 0 Å². The predicted molar refractivity (Wildman–Crippen MR) is 36.5 cm³/mol. The predicted octanol–water partition coefficient (Wildman–Crippen LogP) is -2.23. The molecule has 0 aliphatic carbocycles. The highest BCUT2D eigenvalue weighted by Gasteiger charge is 2.39. The fourth-order valence-electron chi connectivity index (χ4n) is 1.07. The van der Waals surface area contributed by atoms with E-state index in [2.05, 4.69) is 0 Å². The Morgan fingerprint density at radius 3 is 2.27 bits per heavy atom. The molecule has 0 aromatic rings. The van der Waals surface area contributed by atoms with Crippen molar-refractivity contribution < 1.29 is 20.1 Å². The minimum absolute atomic E-state index is 0.441. The van der Waals surface area contributed by atoms with Gasteiger partial charge in [-0.05, 0) is 6.92 Å². The van der Waals surface area contributed by atoms with Crippen LogP contribution in [-0.4, -0.2) is 46.0 Å². The maximum absolute atomic E-state index is 9.17. The lowest BCUT2D eigenvalue weighted by Crippen LogP contribution is -2.60. The molecular formula is C6H13NO4. The summed E-state index contributed by atoms with van der Waals surface area (Å²) in [5.74, 6) is 0. The summed E-state index contributed by atoms with van der Waals surface area (Å²) in [6, 6.07) is -0.645. The summed E-state index contributed by atoms with van der Waals surface area (Å²) in [6.45, 7) is 1.63. The van der Waals surface area contributed by atoms with Gasteiger partial charge < -0.3 is 25.8 Å². The van der Waals surface area contributed by atoms with E-state index in [1.54, 1.807) is 6.92 Å². The third kappa shape index (κ3) is 1.52. The largest absolute Gasteiger partial charge is 0.388 e. The van der Waals surface area contributed by atoms with Crippen LogP contribution in [0.5, 0.6) is 0 Å². The van der Waals surface area contributed by atoms with Gasteiger partial charge in [0.05, 0.1) is 12.1 Å². The van der Waals surface area contributed by atoms with Crippen LogP contribution in [0.1, 0.15) is 6.92 Å². The van der Waals surface area contributed by atoms with Gasteiger partial charge in [-0.25, -0.2) is 0 Å². The molecule has 5 heteroatoms. The highest BCUT2D eigenvalue weighted by Crippen LogP contribution is 2.17. The van der Waals surface area contributed by atoms with Crippen molar-refractivity contribution in [3.05, 3.63) is 0 Å². The van der Waals surface area contributed by atoms with Crippen molar-refractivity contribution >= 4 is 0 Å². The maximum atomic E-state index is 9.17. The van der Waals surface area contributed by atoms with Crippen LogP contribution in [0, 0.1) is 0 Å². The number of aliphatic hydroxyl groups is 3. The number of ether oxygens (including phenoxy) is 1. The van der Waals surface area contributed by atoms with E-state index < -0.39 is 30.6 Å². The van der Waals surface area contributed by atoms with Crippen molar-refractivity contribution in [3.63, 3.8) is 0 Å². The third-order valence-corrected chi connectivity index (χ3v) is 1.93. The molecule has 1 aliphatic heterocycles. The van der Waals surface area contributed by atoms with Gasteiger partial charge in [-0.15, -0.1) is 0 Å². The summed E-state index contributed by atoms with van der Waals surface area (Å²) in [7, 11) is 0. The Bertz CT molecular complexity index is 129. The molecule has 0 amide bonds. The fraction of sp³-hybridized carbons (Fsp3) is 1.00. The molecule has 66 valence electrons. The van der Waals surface area contributed by atoms with Gasteiger partial charge in [-0.2, -0.15) is 0 Å². The second kappa shape index (κ2) is 3.04. The van der Waals surface area contributed by atoms with Crippen molar-refractivity contribution in [2.45, 2.75) is 37.6 Å². The van der Waals surface area contributed by atoms with Gasteiger partial charge in [0.2, 0.25) is 0 Å². The molecule has 1 rings (SSSR count). The Morgan fingerprint density at radius 2 is 1.73 bits per heavy atom. The lowest BCUT2D eigenvalue weighted by atomic mass is 9.98. The van der Waals surface area contributed by atoms with Crippen LogP contribution in [0.2, 0.25) is 0 Å². The molecule has 0 bridgehead atoms. The molecule has 0 aromatic carbocycles. The molecule has 5 N–H and O–H groups in total. The van der Waals surface area contributed by atoms with Crippen molar-refractivity contribution in [2.24, 2.45) is 5.73 Å². The molecular weight excluding hydrogens is 150 g/mol. The van der Waals surface area contributed by atoms with E-state index in [0.29, 0.717) is 0 Å². The second-order valence-corrected chi connectivity index (χ2v) is 2.79. The lowest BCUT2D eigenvalue weighted by Gasteiger charge is -2.37. The second-order valence-electron chi connectivity index (χ2n) is 2.79. The van der Waals surface area contributed by atoms with E-state index in [4.69, 9.17) is 20.7 Å². The van der Waals surface area contributed by atoms with Crippen molar-refractivity contribution in [1.29, 1.82) is 0 Å². The molecule has 0 radical (unpaired) electrons. The SMILES string of the molecule is C[C@H]1O[C@H](O)[C@@H](O)[C@@H](O)[C@H]1N. The van der Waals surface area contributed by atoms with E-state index in [-0.39, 0.29) is 0 Å². The first-order valence-corrected chi connectivity index (χ1v) is 3.49. The minimum Gasteiger partial charge on any atom is -0.388 e. The van der Waals surface area contributed by atoms with Gasteiger partial charge in [0, 0.05) is 0 Å². The van der Waals surface area contributed by atoms with Crippen LogP contribution in [0.4, 0.5) is 0 Å². The lowest BCUT2D eigenvalue weighted by molar-refractivity contribution is -0.249. The first kappa shape index (κ1) is 8.89. The Balaban J connectivity index is 2.63. The zero-order valence-corrected chi connectivity index (χ0v) is 6.21. The van der Waals surface area contributed by atoms with Crippen LogP contribution in [0.3, 0.4) is 0 Å². The molecule has 0 saturated carbocycles. The Morgan fingerprint density at radius 1 is 1.18 bits per heavy atom. The van der Waals surface area contributed by atoms with E-state index in [1.165, 1.54) is 0 Å². The summed E-state index contributed by atoms with van der Waals surface area (Å²) < 4.78 is 4.80. The highest BCUT2D eigenvalue weighted by atomic mass is 16.6. The van der Waals surface area contributed by atoms with Crippen LogP contribution >= 0.6 is 0 Å². The number of hydrogen-bond acceptors (Lipinski definition) is 5. The molecule has 1 heterocycles.